The predicted octanol–water partition coefficient (Wildman–Crippen LogP) is 7.04. The van der Waals surface area contributed by atoms with Gasteiger partial charge in [-0.3, -0.25) is 4.18 Å². The summed E-state index contributed by atoms with van der Waals surface area (Å²) < 4.78 is 37.2. The Labute approximate surface area is 269 Å². The molecule has 0 radical (unpaired) electrons. The van der Waals surface area contributed by atoms with E-state index in [9.17, 15) is 13.0 Å². The number of unbranched alkanes of at least 4 members (excludes halogenated alkanes) is 21. The van der Waals surface area contributed by atoms with Crippen LogP contribution in [-0.2, 0) is 14.6 Å². The largest absolute Gasteiger partial charge is 1.00 e. The molecule has 0 aliphatic carbocycles. The molecule has 4 nitrogen and oxygen atoms in total. The zero-order valence-electron chi connectivity index (χ0n) is 24.5. The number of rotatable bonds is 28. The van der Waals surface area contributed by atoms with Gasteiger partial charge in [0.15, 0.2) is 0 Å². The van der Waals surface area contributed by atoms with Gasteiger partial charge in [-0.25, -0.2) is 8.42 Å². The third-order valence-electron chi connectivity index (χ3n) is 6.99. The molecule has 0 aliphatic heterocycles. The van der Waals surface area contributed by atoms with E-state index >= 15 is 0 Å². The van der Waals surface area contributed by atoms with Crippen molar-refractivity contribution in [3.8, 4) is 0 Å². The molecular weight excluding hydrogens is 495 g/mol. The minimum Gasteiger partial charge on any atom is -0.726 e. The number of hydrogen-bond acceptors (Lipinski definition) is 4. The Hall–Kier alpha value is 1.25. The zero-order chi connectivity index (χ0) is 25.9. The first-order valence-corrected chi connectivity index (χ1v) is 16.6. The average molecular weight is 555 g/mol. The van der Waals surface area contributed by atoms with Gasteiger partial charge in [-0.15, -0.1) is 0 Å². The number of allylic oxidation sites excluding steroid dienone is 1. The van der Waals surface area contributed by atoms with E-state index < -0.39 is 10.4 Å². The molecule has 0 fully saturated rings. The number of hydrogen-bond donors (Lipinski definition) is 0. The SMILES string of the molecule is CCCCCCCCCCCC/C=C/C(CCCCCCCCCCCCCC)COS(=O)(=O)[O-].[K+]. The maximum absolute atomic E-state index is 10.9. The summed E-state index contributed by atoms with van der Waals surface area (Å²) in [4.78, 5) is 0. The van der Waals surface area contributed by atoms with E-state index in [0.717, 1.165) is 19.3 Å². The van der Waals surface area contributed by atoms with Crippen molar-refractivity contribution in [3.63, 3.8) is 0 Å². The Morgan fingerprint density at radius 1 is 0.611 bits per heavy atom. The van der Waals surface area contributed by atoms with E-state index in [1.54, 1.807) is 0 Å². The van der Waals surface area contributed by atoms with Gasteiger partial charge in [-0.05, 0) is 19.3 Å². The summed E-state index contributed by atoms with van der Waals surface area (Å²) in [6.07, 6.45) is 35.1. The first-order valence-electron chi connectivity index (χ1n) is 15.3. The van der Waals surface area contributed by atoms with Gasteiger partial charge in [0.2, 0.25) is 10.4 Å². The van der Waals surface area contributed by atoms with Gasteiger partial charge in [0, 0.05) is 5.92 Å². The minimum absolute atomic E-state index is 0. The molecule has 1 unspecified atom stereocenters. The molecule has 0 spiro atoms. The van der Waals surface area contributed by atoms with Crippen LogP contribution >= 0.6 is 0 Å². The fraction of sp³-hybridized carbons (Fsp3) is 0.933. The fourth-order valence-electron chi connectivity index (χ4n) is 4.69. The second-order valence-electron chi connectivity index (χ2n) is 10.5. The molecule has 0 amide bonds. The summed E-state index contributed by atoms with van der Waals surface area (Å²) in [7, 11) is -4.61. The Morgan fingerprint density at radius 3 is 1.36 bits per heavy atom. The van der Waals surface area contributed by atoms with Gasteiger partial charge >= 0.3 is 51.4 Å². The molecule has 0 N–H and O–H groups in total. The summed E-state index contributed by atoms with van der Waals surface area (Å²) in [6, 6.07) is 0. The molecule has 0 aromatic carbocycles. The molecule has 0 heterocycles. The smallest absolute Gasteiger partial charge is 0.726 e. The van der Waals surface area contributed by atoms with Crippen LogP contribution in [-0.4, -0.2) is 19.6 Å². The Kier molecular flexibility index (Phi) is 33.7. The van der Waals surface area contributed by atoms with E-state index in [-0.39, 0.29) is 63.9 Å². The van der Waals surface area contributed by atoms with Gasteiger partial charge in [-0.2, -0.15) is 0 Å². The van der Waals surface area contributed by atoms with Gasteiger partial charge in [0.25, 0.3) is 0 Å². The van der Waals surface area contributed by atoms with Crippen LogP contribution < -0.4 is 51.4 Å². The van der Waals surface area contributed by atoms with Crippen molar-refractivity contribution < 1.29 is 68.5 Å². The molecule has 6 heteroatoms. The van der Waals surface area contributed by atoms with Crippen molar-refractivity contribution in [1.29, 1.82) is 0 Å². The fourth-order valence-corrected chi connectivity index (χ4v) is 5.03. The molecule has 36 heavy (non-hydrogen) atoms. The first kappa shape index (κ1) is 39.4. The third kappa shape index (κ3) is 33.3. The van der Waals surface area contributed by atoms with Crippen molar-refractivity contribution in [2.45, 2.75) is 168 Å². The summed E-state index contributed by atoms with van der Waals surface area (Å²) in [6.45, 7) is 4.50. The topological polar surface area (TPSA) is 66.4 Å². The molecule has 0 aromatic heterocycles. The van der Waals surface area contributed by atoms with Gasteiger partial charge < -0.3 is 4.55 Å². The molecular formula is C30H59KO4S. The van der Waals surface area contributed by atoms with Gasteiger partial charge in [-0.1, -0.05) is 161 Å². The van der Waals surface area contributed by atoms with E-state index in [0.29, 0.717) is 0 Å². The van der Waals surface area contributed by atoms with Crippen LogP contribution in [0.5, 0.6) is 0 Å². The van der Waals surface area contributed by atoms with Crippen molar-refractivity contribution in [2.24, 2.45) is 5.92 Å². The quantitative estimate of drug-likeness (QED) is 0.0342. The minimum atomic E-state index is -4.61. The molecule has 210 valence electrons. The van der Waals surface area contributed by atoms with Crippen LogP contribution in [0.2, 0.25) is 0 Å². The van der Waals surface area contributed by atoms with Crippen LogP contribution in [0, 0.1) is 5.92 Å². The van der Waals surface area contributed by atoms with Crippen molar-refractivity contribution in [2.75, 3.05) is 6.61 Å². The Balaban J connectivity index is 0. The normalized spacial score (nSPS) is 12.8. The Morgan fingerprint density at radius 2 is 0.972 bits per heavy atom. The van der Waals surface area contributed by atoms with Crippen LogP contribution in [0.4, 0.5) is 0 Å². The van der Waals surface area contributed by atoms with E-state index in [2.05, 4.69) is 30.2 Å². The van der Waals surface area contributed by atoms with Crippen molar-refractivity contribution in [3.05, 3.63) is 12.2 Å². The zero-order valence-corrected chi connectivity index (χ0v) is 28.4. The second kappa shape index (κ2) is 30.8. The molecule has 0 saturated heterocycles. The summed E-state index contributed by atoms with van der Waals surface area (Å²) in [5.41, 5.74) is 0. The third-order valence-corrected chi connectivity index (χ3v) is 7.41. The summed E-state index contributed by atoms with van der Waals surface area (Å²) in [5, 5.41) is 0. The second-order valence-corrected chi connectivity index (χ2v) is 11.6. The molecule has 0 rings (SSSR count). The maximum Gasteiger partial charge on any atom is 1.00 e. The maximum atomic E-state index is 10.9. The average Bonchev–Trinajstić information content (AvgIpc) is 2.82. The molecule has 1 atom stereocenters. The van der Waals surface area contributed by atoms with Crippen LogP contribution in [0.1, 0.15) is 168 Å². The van der Waals surface area contributed by atoms with Crippen LogP contribution in [0.3, 0.4) is 0 Å². The molecule has 0 aliphatic rings. The standard InChI is InChI=1S/C30H60O4S.K/c1-3-5-7-9-11-13-15-17-19-21-23-25-27-30(29-34-35(31,32)33)28-26-24-22-20-18-16-14-12-10-8-6-4-2;/h25,27,30H,3-24,26,28-29H2,1-2H3,(H,31,32,33);/q;+1/p-1/b27-25+;. The first-order chi connectivity index (χ1) is 17.0. The van der Waals surface area contributed by atoms with Gasteiger partial charge in [0.05, 0.1) is 6.61 Å². The van der Waals surface area contributed by atoms with Gasteiger partial charge in [0.1, 0.15) is 0 Å². The van der Waals surface area contributed by atoms with Crippen molar-refractivity contribution >= 4 is 10.4 Å². The molecule has 0 bridgehead atoms. The molecule has 0 aromatic rings. The monoisotopic (exact) mass is 554 g/mol. The predicted molar refractivity (Wildman–Crippen MR) is 150 cm³/mol. The van der Waals surface area contributed by atoms with Crippen molar-refractivity contribution in [1.82, 2.24) is 0 Å². The summed E-state index contributed by atoms with van der Waals surface area (Å²) in [5.74, 6) is 0.0185. The Bertz CT molecular complexity index is 551. The van der Waals surface area contributed by atoms with E-state index in [4.69, 9.17) is 0 Å². The van der Waals surface area contributed by atoms with Crippen LogP contribution in [0.25, 0.3) is 0 Å². The van der Waals surface area contributed by atoms with E-state index in [1.165, 1.54) is 135 Å². The molecule has 0 saturated carbocycles. The van der Waals surface area contributed by atoms with Crippen LogP contribution in [0.15, 0.2) is 12.2 Å². The summed E-state index contributed by atoms with van der Waals surface area (Å²) >= 11 is 0. The van der Waals surface area contributed by atoms with E-state index in [1.807, 2.05) is 0 Å².